The van der Waals surface area contributed by atoms with Crippen LogP contribution < -0.4 is 32.1 Å². The summed E-state index contributed by atoms with van der Waals surface area (Å²) in [6.07, 6.45) is -0.443. The molecular formula is C21H25N7O7. The Hall–Kier alpha value is -4.62. The maximum absolute atomic E-state index is 12.4. The third-order valence-electron chi connectivity index (χ3n) is 5.58. The van der Waals surface area contributed by atoms with Crippen molar-refractivity contribution in [2.75, 3.05) is 41.4 Å². The Labute approximate surface area is 198 Å². The van der Waals surface area contributed by atoms with Crippen LogP contribution in [0.5, 0.6) is 0 Å². The van der Waals surface area contributed by atoms with Crippen molar-refractivity contribution in [3.05, 3.63) is 40.2 Å². The third kappa shape index (κ3) is 5.85. The summed E-state index contributed by atoms with van der Waals surface area (Å²) < 4.78 is 0. The van der Waals surface area contributed by atoms with Gasteiger partial charge in [0.1, 0.15) is 23.9 Å². The van der Waals surface area contributed by atoms with Crippen LogP contribution in [-0.2, 0) is 14.4 Å². The fraction of sp³-hybridized carbons (Fsp3) is 0.333. The van der Waals surface area contributed by atoms with Crippen molar-refractivity contribution in [2.24, 2.45) is 5.92 Å². The SMILES string of the molecule is CN1c2c(nc(N)[nH]c2=O)NCC1CNc1ccc(C(=O)N[C@@H](CC(C=O)C(=O)O)C(=O)O)cc1. The van der Waals surface area contributed by atoms with E-state index in [-0.39, 0.29) is 29.4 Å². The van der Waals surface area contributed by atoms with Gasteiger partial charge in [0.2, 0.25) is 5.95 Å². The number of nitrogens with two attached hydrogens (primary N) is 1. The number of nitrogens with zero attached hydrogens (tertiary/aromatic N) is 2. The number of aldehydes is 1. The van der Waals surface area contributed by atoms with Gasteiger partial charge in [-0.25, -0.2) is 4.79 Å². The van der Waals surface area contributed by atoms with E-state index in [1.807, 2.05) is 0 Å². The Morgan fingerprint density at radius 3 is 2.54 bits per heavy atom. The van der Waals surface area contributed by atoms with Gasteiger partial charge in [0.05, 0.1) is 6.04 Å². The summed E-state index contributed by atoms with van der Waals surface area (Å²) in [4.78, 5) is 66.3. The molecule has 2 aromatic rings. The number of hydrogen-bond acceptors (Lipinski definition) is 10. The molecule has 0 radical (unpaired) electrons. The van der Waals surface area contributed by atoms with Crippen molar-refractivity contribution < 1.29 is 29.4 Å². The second-order valence-electron chi connectivity index (χ2n) is 7.93. The minimum atomic E-state index is -1.55. The molecule has 14 nitrogen and oxygen atoms in total. The fourth-order valence-corrected chi connectivity index (χ4v) is 3.58. The maximum atomic E-state index is 12.4. The summed E-state index contributed by atoms with van der Waals surface area (Å²) in [5.41, 5.74) is 6.42. The summed E-state index contributed by atoms with van der Waals surface area (Å²) in [6, 6.07) is 4.54. The van der Waals surface area contributed by atoms with E-state index in [0.717, 1.165) is 0 Å². The molecule has 0 bridgehead atoms. The van der Waals surface area contributed by atoms with Crippen molar-refractivity contribution in [1.29, 1.82) is 0 Å². The average Bonchev–Trinajstić information content (AvgIpc) is 2.80. The molecule has 14 heteroatoms. The zero-order valence-electron chi connectivity index (χ0n) is 18.6. The normalized spacial score (nSPS) is 16.3. The number of aliphatic carboxylic acids is 2. The molecule has 8 N–H and O–H groups in total. The number of benzene rings is 1. The molecule has 1 aromatic carbocycles. The van der Waals surface area contributed by atoms with Gasteiger partial charge in [0.25, 0.3) is 11.5 Å². The van der Waals surface area contributed by atoms with Crippen LogP contribution in [0, 0.1) is 5.92 Å². The Kier molecular flexibility index (Phi) is 7.53. The van der Waals surface area contributed by atoms with Crippen LogP contribution in [0.3, 0.4) is 0 Å². The lowest BCUT2D eigenvalue weighted by molar-refractivity contribution is -0.145. The average molecular weight is 487 g/mol. The van der Waals surface area contributed by atoms with Gasteiger partial charge in [-0.15, -0.1) is 0 Å². The van der Waals surface area contributed by atoms with E-state index in [4.69, 9.17) is 10.8 Å². The Balaban J connectivity index is 1.60. The molecule has 0 saturated carbocycles. The summed E-state index contributed by atoms with van der Waals surface area (Å²) in [7, 11) is 1.77. The third-order valence-corrected chi connectivity index (χ3v) is 5.58. The molecule has 0 fully saturated rings. The second-order valence-corrected chi connectivity index (χ2v) is 7.93. The molecule has 1 aromatic heterocycles. The molecule has 0 spiro atoms. The number of rotatable bonds is 10. The predicted molar refractivity (Wildman–Crippen MR) is 126 cm³/mol. The quantitative estimate of drug-likeness (QED) is 0.161. The van der Waals surface area contributed by atoms with Gasteiger partial charge in [0, 0.05) is 31.4 Å². The van der Waals surface area contributed by atoms with Crippen LogP contribution in [0.4, 0.5) is 23.1 Å². The van der Waals surface area contributed by atoms with Crippen molar-refractivity contribution in [3.8, 4) is 0 Å². The molecule has 3 atom stereocenters. The number of hydrogen-bond donors (Lipinski definition) is 7. The molecule has 1 aliphatic rings. The number of amides is 1. The highest BCUT2D eigenvalue weighted by atomic mass is 16.4. The topological polar surface area (TPSA) is 220 Å². The van der Waals surface area contributed by atoms with Crippen molar-refractivity contribution in [1.82, 2.24) is 15.3 Å². The summed E-state index contributed by atoms with van der Waals surface area (Å²) >= 11 is 0. The standard InChI is InChI=1S/C21H25N7O7/c1-28-13(8-24-16-15(28)18(31)27-21(22)26-16)7-23-12-4-2-10(3-5-12)17(30)25-14(20(34)35)6-11(9-29)19(32)33/h2-5,9,11,13-14,23H,6-8H2,1H3,(H,25,30)(H,32,33)(H,34,35)(H4,22,24,26,27,31)/t11?,13?,14-/m0/s1. The molecule has 1 aliphatic heterocycles. The van der Waals surface area contributed by atoms with Gasteiger partial charge in [-0.3, -0.25) is 19.4 Å². The van der Waals surface area contributed by atoms with Crippen LogP contribution in [0.15, 0.2) is 29.1 Å². The van der Waals surface area contributed by atoms with Gasteiger partial charge in [-0.05, 0) is 30.7 Å². The molecule has 0 aliphatic carbocycles. The Bertz CT molecular complexity index is 1180. The van der Waals surface area contributed by atoms with Crippen molar-refractivity contribution in [3.63, 3.8) is 0 Å². The van der Waals surface area contributed by atoms with E-state index in [9.17, 15) is 29.1 Å². The first kappa shape index (κ1) is 25.0. The maximum Gasteiger partial charge on any atom is 0.326 e. The van der Waals surface area contributed by atoms with Gasteiger partial charge in [0.15, 0.2) is 5.82 Å². The largest absolute Gasteiger partial charge is 0.481 e. The summed E-state index contributed by atoms with van der Waals surface area (Å²) in [5, 5.41) is 26.7. The molecule has 1 amide bonds. The van der Waals surface area contributed by atoms with Gasteiger partial charge < -0.3 is 41.6 Å². The molecular weight excluding hydrogens is 462 g/mol. The van der Waals surface area contributed by atoms with Crippen LogP contribution in [0.25, 0.3) is 0 Å². The molecule has 35 heavy (non-hydrogen) atoms. The van der Waals surface area contributed by atoms with E-state index in [1.165, 1.54) is 12.1 Å². The number of fused-ring (bicyclic) bond motifs is 1. The number of carbonyl (C=O) groups is 4. The molecule has 2 heterocycles. The monoisotopic (exact) mass is 487 g/mol. The number of aromatic amines is 1. The van der Waals surface area contributed by atoms with E-state index in [1.54, 1.807) is 24.1 Å². The van der Waals surface area contributed by atoms with Gasteiger partial charge in [-0.1, -0.05) is 0 Å². The first-order chi connectivity index (χ1) is 16.6. The number of carboxylic acid groups (broad SMARTS) is 2. The smallest absolute Gasteiger partial charge is 0.326 e. The number of likely N-dealkylation sites (N-methyl/N-ethyl adjacent to an activating group) is 1. The molecule has 3 rings (SSSR count). The number of carbonyl (C=O) groups excluding carboxylic acids is 2. The van der Waals surface area contributed by atoms with E-state index in [0.29, 0.717) is 30.3 Å². The fourth-order valence-electron chi connectivity index (χ4n) is 3.58. The van der Waals surface area contributed by atoms with E-state index >= 15 is 0 Å². The van der Waals surface area contributed by atoms with E-state index in [2.05, 4.69) is 25.9 Å². The van der Waals surface area contributed by atoms with Gasteiger partial charge in [-0.2, -0.15) is 4.98 Å². The lowest BCUT2D eigenvalue weighted by Gasteiger charge is -2.35. The summed E-state index contributed by atoms with van der Waals surface area (Å²) in [6.45, 7) is 0.948. The minimum absolute atomic E-state index is 0.0236. The zero-order valence-corrected chi connectivity index (χ0v) is 18.6. The number of carboxylic acids is 2. The number of nitrogens with one attached hydrogen (secondary N) is 4. The lowest BCUT2D eigenvalue weighted by atomic mass is 10.0. The van der Waals surface area contributed by atoms with Crippen molar-refractivity contribution >= 4 is 47.3 Å². The molecule has 0 saturated heterocycles. The predicted octanol–water partition coefficient (Wildman–Crippen LogP) is -0.833. The minimum Gasteiger partial charge on any atom is -0.481 e. The first-order valence-electron chi connectivity index (χ1n) is 10.5. The Morgan fingerprint density at radius 1 is 1.26 bits per heavy atom. The highest BCUT2D eigenvalue weighted by molar-refractivity contribution is 5.97. The Morgan fingerprint density at radius 2 is 1.94 bits per heavy atom. The van der Waals surface area contributed by atoms with Crippen LogP contribution in [-0.4, -0.2) is 76.5 Å². The van der Waals surface area contributed by atoms with Gasteiger partial charge >= 0.3 is 11.9 Å². The molecule has 186 valence electrons. The van der Waals surface area contributed by atoms with Crippen LogP contribution >= 0.6 is 0 Å². The number of H-pyrrole nitrogens is 1. The number of nitrogen functional groups attached to an aromatic ring is 1. The lowest BCUT2D eigenvalue weighted by Crippen LogP contribution is -2.48. The van der Waals surface area contributed by atoms with E-state index < -0.39 is 36.2 Å². The molecule has 2 unspecified atom stereocenters. The zero-order chi connectivity index (χ0) is 25.7. The first-order valence-corrected chi connectivity index (χ1v) is 10.5. The highest BCUT2D eigenvalue weighted by Crippen LogP contribution is 2.25. The van der Waals surface area contributed by atoms with Crippen molar-refractivity contribution in [2.45, 2.75) is 18.5 Å². The number of aromatic nitrogens is 2. The second kappa shape index (κ2) is 10.5. The summed E-state index contributed by atoms with van der Waals surface area (Å²) in [5.74, 6) is -4.77. The number of anilines is 4. The highest BCUT2D eigenvalue weighted by Gasteiger charge is 2.29. The van der Waals surface area contributed by atoms with Crippen LogP contribution in [0.2, 0.25) is 0 Å². The van der Waals surface area contributed by atoms with Crippen LogP contribution in [0.1, 0.15) is 16.8 Å².